The second kappa shape index (κ2) is 16.7. The van der Waals surface area contributed by atoms with E-state index in [0.29, 0.717) is 4.90 Å². The first-order valence-corrected chi connectivity index (χ1v) is 12.9. The number of phenolic OH excluding ortho intramolecular Hbond substituents is 2. The summed E-state index contributed by atoms with van der Waals surface area (Å²) in [5.74, 6) is -0.00558. The smallest absolute Gasteiger partial charge is 1.00 e. The quantitative estimate of drug-likeness (QED) is 0.116. The number of aromatic hydroxyl groups is 2. The Balaban J connectivity index is 0. The van der Waals surface area contributed by atoms with Crippen LogP contribution in [-0.4, -0.2) is 28.9 Å². The fourth-order valence-corrected chi connectivity index (χ4v) is 4.72. The van der Waals surface area contributed by atoms with Crippen LogP contribution in [0.5, 0.6) is 11.5 Å². The van der Waals surface area contributed by atoms with Gasteiger partial charge in [0.15, 0.2) is 0 Å². The molecule has 0 saturated heterocycles. The van der Waals surface area contributed by atoms with Gasteiger partial charge < -0.3 is 11.6 Å². The van der Waals surface area contributed by atoms with E-state index in [2.05, 4.69) is 6.92 Å². The third kappa shape index (κ3) is 13.2. The molecule has 0 spiro atoms. The zero-order valence-corrected chi connectivity index (χ0v) is 21.7. The molecule has 0 unspecified atom stereocenters. The fraction of sp³-hybridized carbons (Fsp3) is 0.714. The molecule has 0 aliphatic carbocycles. The molecular formula is C21H37NaO5S2. The van der Waals surface area contributed by atoms with E-state index >= 15 is 0 Å². The van der Waals surface area contributed by atoms with Crippen LogP contribution < -0.4 is 29.6 Å². The minimum absolute atomic E-state index is 0. The zero-order valence-electron chi connectivity index (χ0n) is 19.0. The van der Waals surface area contributed by atoms with Gasteiger partial charge in [-0.2, -0.15) is 8.42 Å². The number of phenols is 2. The van der Waals surface area contributed by atoms with E-state index in [-0.39, 0.29) is 36.7 Å². The Morgan fingerprint density at radius 3 is 1.69 bits per heavy atom. The average Bonchev–Trinajstić information content (AvgIpc) is 2.63. The van der Waals surface area contributed by atoms with Gasteiger partial charge in [0, 0.05) is 6.07 Å². The molecular weight excluding hydrogens is 419 g/mol. The van der Waals surface area contributed by atoms with Crippen molar-refractivity contribution < 1.29 is 54.2 Å². The molecule has 0 aliphatic heterocycles. The van der Waals surface area contributed by atoms with Crippen LogP contribution in [0.1, 0.15) is 91.8 Å². The van der Waals surface area contributed by atoms with Crippen molar-refractivity contribution in [2.75, 3.05) is 5.75 Å². The van der Waals surface area contributed by atoms with Gasteiger partial charge in [0.25, 0.3) is 10.1 Å². The molecule has 29 heavy (non-hydrogen) atoms. The van der Waals surface area contributed by atoms with Crippen molar-refractivity contribution in [1.82, 2.24) is 0 Å². The molecule has 0 radical (unpaired) electrons. The van der Waals surface area contributed by atoms with Crippen LogP contribution in [0.3, 0.4) is 0 Å². The standard InChI is InChI=1S/C21H36O5S2.Na.H/c1-2-3-4-5-6-7-8-9-10-11-12-13-14-15-27-20-16-19(23)21(17-18(20)22)28(24,25)26;;/h16-17,22-23H,2-15H2,1H3,(H,24,25,26);;/q;+1;-1. The van der Waals surface area contributed by atoms with Crippen LogP contribution in [0.2, 0.25) is 0 Å². The zero-order chi connectivity index (χ0) is 20.8. The molecule has 1 aromatic rings. The van der Waals surface area contributed by atoms with Crippen LogP contribution in [0.4, 0.5) is 0 Å². The second-order valence-corrected chi connectivity index (χ2v) is 9.88. The van der Waals surface area contributed by atoms with Gasteiger partial charge in [-0.1, -0.05) is 84.0 Å². The molecule has 0 heterocycles. The summed E-state index contributed by atoms with van der Waals surface area (Å²) in [6, 6.07) is 2.07. The van der Waals surface area contributed by atoms with Crippen LogP contribution in [0.25, 0.3) is 0 Å². The van der Waals surface area contributed by atoms with Crippen molar-refractivity contribution in [3.05, 3.63) is 12.1 Å². The van der Waals surface area contributed by atoms with Crippen molar-refractivity contribution >= 4 is 21.9 Å². The molecule has 0 amide bonds. The molecule has 1 rings (SSSR count). The molecule has 8 heteroatoms. The summed E-state index contributed by atoms with van der Waals surface area (Å²) in [7, 11) is -4.54. The fourth-order valence-electron chi connectivity index (χ4n) is 3.16. The van der Waals surface area contributed by atoms with Gasteiger partial charge in [-0.3, -0.25) is 4.55 Å². The Morgan fingerprint density at radius 1 is 0.793 bits per heavy atom. The molecule has 3 N–H and O–H groups in total. The molecule has 0 saturated carbocycles. The van der Waals surface area contributed by atoms with Crippen molar-refractivity contribution in [3.8, 4) is 11.5 Å². The Kier molecular flexibility index (Phi) is 16.8. The summed E-state index contributed by atoms with van der Waals surface area (Å²) in [4.78, 5) is -0.251. The predicted molar refractivity (Wildman–Crippen MR) is 117 cm³/mol. The molecule has 0 bridgehead atoms. The molecule has 0 aliphatic rings. The number of hydrogen-bond acceptors (Lipinski definition) is 5. The number of rotatable bonds is 16. The third-order valence-electron chi connectivity index (χ3n) is 4.82. The number of unbranched alkanes of at least 4 members (excludes halogenated alkanes) is 12. The molecule has 1 aromatic carbocycles. The van der Waals surface area contributed by atoms with Gasteiger partial charge in [0.05, 0.1) is 4.90 Å². The van der Waals surface area contributed by atoms with Gasteiger partial charge >= 0.3 is 29.6 Å². The maximum atomic E-state index is 11.1. The number of thioether (sulfide) groups is 1. The van der Waals surface area contributed by atoms with E-state index in [1.807, 2.05) is 0 Å². The summed E-state index contributed by atoms with van der Waals surface area (Å²) in [6.07, 6.45) is 16.8. The number of benzene rings is 1. The summed E-state index contributed by atoms with van der Waals surface area (Å²) in [5.41, 5.74) is 0. The first kappa shape index (κ1) is 29.1. The maximum absolute atomic E-state index is 11.1. The molecule has 0 aromatic heterocycles. The summed E-state index contributed by atoms with van der Waals surface area (Å²) in [6.45, 7) is 2.25. The molecule has 0 fully saturated rings. The Morgan fingerprint density at radius 2 is 1.24 bits per heavy atom. The van der Waals surface area contributed by atoms with Crippen LogP contribution in [-0.2, 0) is 10.1 Å². The van der Waals surface area contributed by atoms with Gasteiger partial charge in [-0.15, -0.1) is 11.8 Å². The topological polar surface area (TPSA) is 94.8 Å². The molecule has 5 nitrogen and oxygen atoms in total. The van der Waals surface area contributed by atoms with Gasteiger partial charge in [0.2, 0.25) is 0 Å². The second-order valence-electron chi connectivity index (χ2n) is 7.35. The SMILES string of the molecule is CCCCCCCCCCCCCCCSc1cc(O)c(S(=O)(=O)O)cc1O.[H-].[Na+]. The molecule has 164 valence electrons. The first-order valence-electron chi connectivity index (χ1n) is 10.5. The summed E-state index contributed by atoms with van der Waals surface area (Å²) in [5, 5.41) is 19.6. The first-order chi connectivity index (χ1) is 13.4. The van der Waals surface area contributed by atoms with Crippen LogP contribution in [0, 0.1) is 0 Å². The molecule has 0 atom stereocenters. The largest absolute Gasteiger partial charge is 1.00 e. The average molecular weight is 457 g/mol. The van der Waals surface area contributed by atoms with E-state index in [1.165, 1.54) is 88.5 Å². The Bertz CT molecular complexity index is 672. The van der Waals surface area contributed by atoms with Crippen molar-refractivity contribution in [2.24, 2.45) is 0 Å². The van der Waals surface area contributed by atoms with E-state index in [9.17, 15) is 18.6 Å². The predicted octanol–water partition coefficient (Wildman–Crippen LogP) is 3.64. The van der Waals surface area contributed by atoms with Crippen molar-refractivity contribution in [2.45, 2.75) is 100 Å². The Labute approximate surface area is 204 Å². The maximum Gasteiger partial charge on any atom is 1.00 e. The number of hydrogen-bond donors (Lipinski definition) is 3. The Hall–Kier alpha value is 0.0800. The monoisotopic (exact) mass is 456 g/mol. The minimum Gasteiger partial charge on any atom is -1.00 e. The third-order valence-corrected chi connectivity index (χ3v) is 6.84. The van der Waals surface area contributed by atoms with E-state index in [4.69, 9.17) is 4.55 Å². The summed E-state index contributed by atoms with van der Waals surface area (Å²) < 4.78 is 31.2. The van der Waals surface area contributed by atoms with Gasteiger partial charge in [-0.25, -0.2) is 0 Å². The van der Waals surface area contributed by atoms with Crippen molar-refractivity contribution in [3.63, 3.8) is 0 Å². The van der Waals surface area contributed by atoms with Crippen LogP contribution >= 0.6 is 11.8 Å². The summed E-state index contributed by atoms with van der Waals surface area (Å²) >= 11 is 1.38. The van der Waals surface area contributed by atoms with E-state index in [0.717, 1.165) is 24.7 Å². The normalized spacial score (nSPS) is 11.4. The van der Waals surface area contributed by atoms with Crippen molar-refractivity contribution in [1.29, 1.82) is 0 Å². The van der Waals surface area contributed by atoms with Gasteiger partial charge in [0.1, 0.15) is 16.4 Å². The van der Waals surface area contributed by atoms with E-state index in [1.54, 1.807) is 0 Å². The minimum atomic E-state index is -4.54. The van der Waals surface area contributed by atoms with Crippen LogP contribution in [0.15, 0.2) is 21.9 Å². The van der Waals surface area contributed by atoms with E-state index < -0.39 is 20.8 Å². The van der Waals surface area contributed by atoms with Gasteiger partial charge in [-0.05, 0) is 18.2 Å².